The molecule has 0 aliphatic carbocycles. The number of benzene rings is 1. The fourth-order valence-electron chi connectivity index (χ4n) is 3.32. The first-order chi connectivity index (χ1) is 13.1. The number of nitrogens with one attached hydrogen (secondary N) is 1. The van der Waals surface area contributed by atoms with E-state index in [1.807, 2.05) is 0 Å². The number of likely N-dealkylation sites (tertiary alicyclic amines) is 1. The molecular formula is C19H18F2N4O2. The van der Waals surface area contributed by atoms with Crippen LogP contribution in [-0.2, 0) is 6.54 Å². The molecule has 8 heteroatoms. The number of pyridine rings is 1. The summed E-state index contributed by atoms with van der Waals surface area (Å²) < 4.78 is 32.5. The number of nitrogens with zero attached hydrogens (tertiary/aromatic N) is 3. The van der Waals surface area contributed by atoms with E-state index in [4.69, 9.17) is 4.52 Å². The van der Waals surface area contributed by atoms with E-state index in [1.165, 1.54) is 18.3 Å². The molecule has 1 aromatic carbocycles. The van der Waals surface area contributed by atoms with Crippen molar-refractivity contribution < 1.29 is 13.3 Å². The van der Waals surface area contributed by atoms with E-state index >= 15 is 0 Å². The highest BCUT2D eigenvalue weighted by molar-refractivity contribution is 5.50. The van der Waals surface area contributed by atoms with Crippen LogP contribution in [-0.4, -0.2) is 33.1 Å². The van der Waals surface area contributed by atoms with Gasteiger partial charge in [0.15, 0.2) is 17.5 Å². The summed E-state index contributed by atoms with van der Waals surface area (Å²) in [6.07, 6.45) is 3.15. The van der Waals surface area contributed by atoms with E-state index in [-0.39, 0.29) is 11.5 Å². The zero-order chi connectivity index (χ0) is 18.8. The zero-order valence-electron chi connectivity index (χ0n) is 14.5. The van der Waals surface area contributed by atoms with Gasteiger partial charge in [-0.25, -0.2) is 8.78 Å². The van der Waals surface area contributed by atoms with Gasteiger partial charge in [0.25, 0.3) is 5.89 Å². The Morgan fingerprint density at radius 1 is 1.19 bits per heavy atom. The number of hydrogen-bond donors (Lipinski definition) is 1. The Morgan fingerprint density at radius 3 is 2.74 bits per heavy atom. The van der Waals surface area contributed by atoms with Gasteiger partial charge in [-0.2, -0.15) is 4.98 Å². The Kier molecular flexibility index (Phi) is 4.81. The van der Waals surface area contributed by atoms with Gasteiger partial charge in [0, 0.05) is 30.3 Å². The lowest BCUT2D eigenvalue weighted by Crippen LogP contribution is -2.33. The quantitative estimate of drug-likeness (QED) is 0.762. The predicted molar refractivity (Wildman–Crippen MR) is 94.0 cm³/mol. The normalized spacial score (nSPS) is 15.9. The summed E-state index contributed by atoms with van der Waals surface area (Å²) >= 11 is 0. The van der Waals surface area contributed by atoms with Crippen LogP contribution < -0.4 is 5.56 Å². The van der Waals surface area contributed by atoms with E-state index in [0.717, 1.165) is 32.0 Å². The lowest BCUT2D eigenvalue weighted by Gasteiger charge is -2.30. The number of H-pyrrole nitrogens is 1. The molecule has 3 aromatic rings. The van der Waals surface area contributed by atoms with Crippen LogP contribution in [0.15, 0.2) is 45.8 Å². The number of halogens is 2. The monoisotopic (exact) mass is 372 g/mol. The number of hydrogen-bond acceptors (Lipinski definition) is 5. The minimum absolute atomic E-state index is 0.152. The predicted octanol–water partition coefficient (Wildman–Crippen LogP) is 3.08. The minimum Gasteiger partial charge on any atom is -0.334 e. The first kappa shape index (κ1) is 17.5. The summed E-state index contributed by atoms with van der Waals surface area (Å²) in [5.74, 6) is -0.440. The summed E-state index contributed by atoms with van der Waals surface area (Å²) in [4.78, 5) is 20.2. The average Bonchev–Trinajstić information content (AvgIpc) is 3.17. The molecule has 27 heavy (non-hydrogen) atoms. The van der Waals surface area contributed by atoms with Crippen molar-refractivity contribution in [1.29, 1.82) is 0 Å². The summed E-state index contributed by atoms with van der Waals surface area (Å²) in [5, 5.41) is 4.07. The van der Waals surface area contributed by atoms with Gasteiger partial charge in [0.2, 0.25) is 5.56 Å². The van der Waals surface area contributed by atoms with Crippen molar-refractivity contribution in [3.8, 4) is 11.5 Å². The van der Waals surface area contributed by atoms with Crippen LogP contribution in [0.25, 0.3) is 11.5 Å². The van der Waals surface area contributed by atoms with Gasteiger partial charge in [-0.05, 0) is 38.1 Å². The third kappa shape index (κ3) is 3.80. The summed E-state index contributed by atoms with van der Waals surface area (Å²) in [5.41, 5.74) is 0.835. The second-order valence-electron chi connectivity index (χ2n) is 6.66. The second-order valence-corrected chi connectivity index (χ2v) is 6.66. The molecule has 3 heterocycles. The first-order valence-corrected chi connectivity index (χ1v) is 8.78. The van der Waals surface area contributed by atoms with Crippen LogP contribution in [0.4, 0.5) is 8.78 Å². The molecule has 1 fully saturated rings. The van der Waals surface area contributed by atoms with Gasteiger partial charge in [-0.1, -0.05) is 17.3 Å². The van der Waals surface area contributed by atoms with Crippen LogP contribution in [0, 0.1) is 11.6 Å². The lowest BCUT2D eigenvalue weighted by molar-refractivity contribution is 0.197. The molecular weight excluding hydrogens is 354 g/mol. The molecule has 6 nitrogen and oxygen atoms in total. The molecule has 0 radical (unpaired) electrons. The van der Waals surface area contributed by atoms with Crippen LogP contribution in [0.5, 0.6) is 0 Å². The van der Waals surface area contributed by atoms with Crippen LogP contribution >= 0.6 is 0 Å². The van der Waals surface area contributed by atoms with Crippen LogP contribution in [0.3, 0.4) is 0 Å². The van der Waals surface area contributed by atoms with Gasteiger partial charge >= 0.3 is 0 Å². The maximum absolute atomic E-state index is 13.8. The van der Waals surface area contributed by atoms with Gasteiger partial charge in [0.05, 0.1) is 5.56 Å². The molecule has 140 valence electrons. The van der Waals surface area contributed by atoms with Gasteiger partial charge < -0.3 is 9.51 Å². The van der Waals surface area contributed by atoms with Gasteiger partial charge in [-0.15, -0.1) is 0 Å². The van der Waals surface area contributed by atoms with Gasteiger partial charge in [0.1, 0.15) is 0 Å². The maximum Gasteiger partial charge on any atom is 0.259 e. The zero-order valence-corrected chi connectivity index (χ0v) is 14.5. The van der Waals surface area contributed by atoms with Crippen LogP contribution in [0.2, 0.25) is 0 Å². The molecule has 0 spiro atoms. The largest absolute Gasteiger partial charge is 0.334 e. The van der Waals surface area contributed by atoms with Crippen molar-refractivity contribution in [3.05, 3.63) is 69.9 Å². The number of rotatable bonds is 4. The average molecular weight is 372 g/mol. The van der Waals surface area contributed by atoms with Crippen LogP contribution in [0.1, 0.15) is 30.1 Å². The standard InChI is InChI=1S/C19H18F2N4O2/c20-15-3-1-2-14(17(15)21)11-25-8-6-12(7-9-25)18-23-19(27-24-18)13-4-5-16(26)22-10-13/h1-5,10,12H,6-9,11H2,(H,22,26). The highest BCUT2D eigenvalue weighted by Crippen LogP contribution is 2.28. The van der Waals surface area contributed by atoms with E-state index < -0.39 is 11.6 Å². The third-order valence-corrected chi connectivity index (χ3v) is 4.85. The third-order valence-electron chi connectivity index (χ3n) is 4.85. The Labute approximate surface area is 153 Å². The molecule has 0 saturated carbocycles. The topological polar surface area (TPSA) is 75.0 Å². The van der Waals surface area contributed by atoms with Crippen molar-refractivity contribution in [1.82, 2.24) is 20.0 Å². The number of aromatic nitrogens is 3. The number of aromatic amines is 1. The fourth-order valence-corrected chi connectivity index (χ4v) is 3.32. The smallest absolute Gasteiger partial charge is 0.259 e. The van der Waals surface area contributed by atoms with Crippen molar-refractivity contribution in [2.45, 2.75) is 25.3 Å². The Bertz CT molecular complexity index is 973. The van der Waals surface area contributed by atoms with E-state index in [9.17, 15) is 13.6 Å². The van der Waals surface area contributed by atoms with Crippen molar-refractivity contribution in [3.63, 3.8) is 0 Å². The summed E-state index contributed by atoms with van der Waals surface area (Å²) in [7, 11) is 0. The molecule has 1 aliphatic rings. The van der Waals surface area contributed by atoms with Crippen molar-refractivity contribution in [2.75, 3.05) is 13.1 Å². The highest BCUT2D eigenvalue weighted by Gasteiger charge is 2.25. The van der Waals surface area contributed by atoms with E-state index in [1.54, 1.807) is 12.1 Å². The fraction of sp³-hybridized carbons (Fsp3) is 0.316. The molecule has 0 bridgehead atoms. The Balaban J connectivity index is 1.39. The Hall–Kier alpha value is -2.87. The van der Waals surface area contributed by atoms with E-state index in [2.05, 4.69) is 20.0 Å². The van der Waals surface area contributed by atoms with Crippen molar-refractivity contribution in [2.24, 2.45) is 0 Å². The summed E-state index contributed by atoms with van der Waals surface area (Å²) in [6.45, 7) is 1.86. The molecule has 4 rings (SSSR count). The highest BCUT2D eigenvalue weighted by atomic mass is 19.2. The van der Waals surface area contributed by atoms with E-state index in [0.29, 0.717) is 29.4 Å². The molecule has 0 unspecified atom stereocenters. The lowest BCUT2D eigenvalue weighted by atomic mass is 9.96. The SMILES string of the molecule is O=c1ccc(-c2nc(C3CCN(Cc4cccc(F)c4F)CC3)no2)c[nH]1. The van der Waals surface area contributed by atoms with Crippen molar-refractivity contribution >= 4 is 0 Å². The molecule has 1 aliphatic heterocycles. The van der Waals surface area contributed by atoms with Gasteiger partial charge in [-0.3, -0.25) is 9.69 Å². The maximum atomic E-state index is 13.8. The minimum atomic E-state index is -0.816. The first-order valence-electron chi connectivity index (χ1n) is 8.78. The molecule has 0 amide bonds. The molecule has 0 atom stereocenters. The summed E-state index contributed by atoms with van der Waals surface area (Å²) in [6, 6.07) is 7.30. The molecule has 2 aromatic heterocycles. The number of piperidine rings is 1. The Morgan fingerprint density at radius 2 is 2.00 bits per heavy atom. The second kappa shape index (κ2) is 7.40. The molecule has 1 saturated heterocycles. The molecule has 1 N–H and O–H groups in total.